The van der Waals surface area contributed by atoms with Crippen LogP contribution in [0.5, 0.6) is 0 Å². The van der Waals surface area contributed by atoms with Crippen molar-refractivity contribution in [2.45, 2.75) is 65.6 Å². The van der Waals surface area contributed by atoms with E-state index in [0.29, 0.717) is 22.9 Å². The molecule has 2 aromatic rings. The van der Waals surface area contributed by atoms with Crippen molar-refractivity contribution in [3.63, 3.8) is 0 Å². The summed E-state index contributed by atoms with van der Waals surface area (Å²) in [6, 6.07) is 12.8. The fourth-order valence-corrected chi connectivity index (χ4v) is 3.36. The van der Waals surface area contributed by atoms with Crippen LogP contribution in [0.1, 0.15) is 50.8 Å². The van der Waals surface area contributed by atoms with Crippen molar-refractivity contribution >= 4 is 35.0 Å². The Kier molecular flexibility index (Phi) is 8.34. The fourth-order valence-electron chi connectivity index (χ4n) is 3.04. The van der Waals surface area contributed by atoms with Crippen LogP contribution in [0.2, 0.25) is 10.0 Å². The maximum Gasteiger partial charge on any atom is 0.242 e. The molecule has 0 radical (unpaired) electrons. The molecule has 0 aliphatic carbocycles. The average molecular weight is 449 g/mol. The Hall–Kier alpha value is -2.04. The minimum Gasteiger partial charge on any atom is -0.350 e. The highest BCUT2D eigenvalue weighted by atomic mass is 35.5. The molecule has 4 nitrogen and oxygen atoms in total. The van der Waals surface area contributed by atoms with E-state index in [4.69, 9.17) is 23.2 Å². The van der Waals surface area contributed by atoms with Gasteiger partial charge in [0.25, 0.3) is 0 Å². The number of benzene rings is 2. The first-order valence-electron chi connectivity index (χ1n) is 10.1. The molecule has 0 unspecified atom stereocenters. The molecule has 162 valence electrons. The molecule has 0 spiro atoms. The highest BCUT2D eigenvalue weighted by Crippen LogP contribution is 2.24. The molecule has 1 atom stereocenters. The van der Waals surface area contributed by atoms with Crippen molar-refractivity contribution in [2.75, 3.05) is 0 Å². The molecule has 0 bridgehead atoms. The number of hydrogen-bond acceptors (Lipinski definition) is 2. The standard InChI is InChI=1S/C24H30Cl2N2O2/c1-16-6-8-18(9-7-16)11-13-22(29)28(17(2)23(30)27-24(3,4)5)15-19-10-12-20(25)21(26)14-19/h6-10,12,14,17H,11,13,15H2,1-5H3,(H,27,30)/t17-/m1/s1. The molecule has 6 heteroatoms. The lowest BCUT2D eigenvalue weighted by atomic mass is 10.1. The summed E-state index contributed by atoms with van der Waals surface area (Å²) >= 11 is 12.2. The van der Waals surface area contributed by atoms with Crippen LogP contribution < -0.4 is 5.32 Å². The number of nitrogens with one attached hydrogen (secondary N) is 1. The third-order valence-corrected chi connectivity index (χ3v) is 5.49. The number of nitrogens with zero attached hydrogens (tertiary/aromatic N) is 1. The topological polar surface area (TPSA) is 49.4 Å². The maximum atomic E-state index is 13.1. The van der Waals surface area contributed by atoms with Crippen molar-refractivity contribution < 1.29 is 9.59 Å². The summed E-state index contributed by atoms with van der Waals surface area (Å²) in [5.41, 5.74) is 2.71. The second-order valence-electron chi connectivity index (χ2n) is 8.67. The monoisotopic (exact) mass is 448 g/mol. The lowest BCUT2D eigenvalue weighted by Crippen LogP contribution is -2.52. The average Bonchev–Trinajstić information content (AvgIpc) is 2.66. The van der Waals surface area contributed by atoms with Crippen molar-refractivity contribution in [3.05, 3.63) is 69.2 Å². The Morgan fingerprint density at radius 3 is 2.17 bits per heavy atom. The van der Waals surface area contributed by atoms with Crippen LogP contribution in [-0.2, 0) is 22.6 Å². The van der Waals surface area contributed by atoms with Gasteiger partial charge in [0.15, 0.2) is 0 Å². The van der Waals surface area contributed by atoms with Gasteiger partial charge in [-0.3, -0.25) is 9.59 Å². The highest BCUT2D eigenvalue weighted by Gasteiger charge is 2.28. The predicted octanol–water partition coefficient (Wildman–Crippen LogP) is 5.57. The van der Waals surface area contributed by atoms with Gasteiger partial charge in [-0.25, -0.2) is 0 Å². The van der Waals surface area contributed by atoms with Gasteiger partial charge in [0.2, 0.25) is 11.8 Å². The normalized spacial score (nSPS) is 12.4. The first-order valence-corrected chi connectivity index (χ1v) is 10.8. The van der Waals surface area contributed by atoms with Gasteiger partial charge in [0.1, 0.15) is 6.04 Å². The van der Waals surface area contributed by atoms with Crippen LogP contribution in [0.3, 0.4) is 0 Å². The van der Waals surface area contributed by atoms with Crippen molar-refractivity contribution in [3.8, 4) is 0 Å². The molecule has 30 heavy (non-hydrogen) atoms. The number of hydrogen-bond donors (Lipinski definition) is 1. The number of amides is 2. The van der Waals surface area contributed by atoms with Gasteiger partial charge >= 0.3 is 0 Å². The predicted molar refractivity (Wildman–Crippen MR) is 124 cm³/mol. The molecule has 2 aromatic carbocycles. The van der Waals surface area contributed by atoms with Gasteiger partial charge < -0.3 is 10.2 Å². The zero-order valence-corrected chi connectivity index (χ0v) is 19.8. The first-order chi connectivity index (χ1) is 14.0. The molecular weight excluding hydrogens is 419 g/mol. The molecule has 0 aromatic heterocycles. The van der Waals surface area contributed by atoms with E-state index in [1.165, 1.54) is 5.56 Å². The molecule has 2 amide bonds. The largest absolute Gasteiger partial charge is 0.350 e. The van der Waals surface area contributed by atoms with Crippen LogP contribution in [0.15, 0.2) is 42.5 Å². The molecule has 2 rings (SSSR count). The number of carbonyl (C=O) groups is 2. The summed E-state index contributed by atoms with van der Waals surface area (Å²) in [5, 5.41) is 3.84. The van der Waals surface area contributed by atoms with Crippen molar-refractivity contribution in [2.24, 2.45) is 0 Å². The van der Waals surface area contributed by atoms with Crippen molar-refractivity contribution in [1.82, 2.24) is 10.2 Å². The molecule has 0 saturated carbocycles. The van der Waals surface area contributed by atoms with Crippen LogP contribution >= 0.6 is 23.2 Å². The van der Waals surface area contributed by atoms with Crippen LogP contribution in [0, 0.1) is 6.92 Å². The summed E-state index contributed by atoms with van der Waals surface area (Å²) in [6.07, 6.45) is 0.933. The van der Waals surface area contributed by atoms with E-state index >= 15 is 0 Å². The number of halogens is 2. The van der Waals surface area contributed by atoms with E-state index in [-0.39, 0.29) is 23.9 Å². The zero-order chi connectivity index (χ0) is 22.5. The second kappa shape index (κ2) is 10.3. The fraction of sp³-hybridized carbons (Fsp3) is 0.417. The summed E-state index contributed by atoms with van der Waals surface area (Å²) in [4.78, 5) is 27.5. The van der Waals surface area contributed by atoms with Crippen molar-refractivity contribution in [1.29, 1.82) is 0 Å². The molecule has 0 saturated heterocycles. The van der Waals surface area contributed by atoms with E-state index in [0.717, 1.165) is 11.1 Å². The third-order valence-electron chi connectivity index (χ3n) is 4.75. The van der Waals surface area contributed by atoms with Crippen LogP contribution in [0.4, 0.5) is 0 Å². The van der Waals surface area contributed by atoms with E-state index in [1.54, 1.807) is 24.0 Å². The van der Waals surface area contributed by atoms with Gasteiger partial charge in [-0.15, -0.1) is 0 Å². The Balaban J connectivity index is 2.19. The summed E-state index contributed by atoms with van der Waals surface area (Å²) in [6.45, 7) is 9.81. The Labute approximate surface area is 189 Å². The molecule has 1 N–H and O–H groups in total. The van der Waals surface area contributed by atoms with Gasteiger partial charge in [-0.1, -0.05) is 59.1 Å². The highest BCUT2D eigenvalue weighted by molar-refractivity contribution is 6.42. The zero-order valence-electron chi connectivity index (χ0n) is 18.3. The van der Waals surface area contributed by atoms with E-state index < -0.39 is 6.04 Å². The number of aryl methyl sites for hydroxylation is 2. The Morgan fingerprint density at radius 1 is 1.00 bits per heavy atom. The Morgan fingerprint density at radius 2 is 1.60 bits per heavy atom. The lowest BCUT2D eigenvalue weighted by Gasteiger charge is -2.31. The van der Waals surface area contributed by atoms with E-state index in [2.05, 4.69) is 5.32 Å². The van der Waals surface area contributed by atoms with Gasteiger partial charge in [-0.05, 0) is 64.3 Å². The summed E-state index contributed by atoms with van der Waals surface area (Å²) in [7, 11) is 0. The van der Waals surface area contributed by atoms with Gasteiger partial charge in [-0.2, -0.15) is 0 Å². The molecule has 0 fully saturated rings. The minimum absolute atomic E-state index is 0.0850. The maximum absolute atomic E-state index is 13.1. The van der Waals surface area contributed by atoms with Crippen LogP contribution in [0.25, 0.3) is 0 Å². The Bertz CT molecular complexity index is 889. The van der Waals surface area contributed by atoms with Gasteiger partial charge in [0, 0.05) is 18.5 Å². The molecule has 0 aliphatic heterocycles. The SMILES string of the molecule is Cc1ccc(CCC(=O)N(Cc2ccc(Cl)c(Cl)c2)[C@H](C)C(=O)NC(C)(C)C)cc1. The first kappa shape index (κ1) is 24.2. The molecule has 0 heterocycles. The quantitative estimate of drug-likeness (QED) is 0.601. The third kappa shape index (κ3) is 7.33. The number of carbonyl (C=O) groups excluding carboxylic acids is 2. The second-order valence-corrected chi connectivity index (χ2v) is 9.49. The van der Waals surface area contributed by atoms with Gasteiger partial charge in [0.05, 0.1) is 10.0 Å². The smallest absolute Gasteiger partial charge is 0.242 e. The summed E-state index contributed by atoms with van der Waals surface area (Å²) < 4.78 is 0. The summed E-state index contributed by atoms with van der Waals surface area (Å²) in [5.74, 6) is -0.274. The lowest BCUT2D eigenvalue weighted by molar-refractivity contribution is -0.141. The molecular formula is C24H30Cl2N2O2. The van der Waals surface area contributed by atoms with E-state index in [1.807, 2.05) is 58.0 Å². The van der Waals surface area contributed by atoms with E-state index in [9.17, 15) is 9.59 Å². The van der Waals surface area contributed by atoms with Crippen LogP contribution in [-0.4, -0.2) is 28.3 Å². The molecule has 0 aliphatic rings. The minimum atomic E-state index is -0.621. The number of rotatable bonds is 7.